The molecule has 49 heavy (non-hydrogen) atoms. The molecule has 0 saturated heterocycles. The summed E-state index contributed by atoms with van der Waals surface area (Å²) in [7, 11) is 2.21. The van der Waals surface area contributed by atoms with Gasteiger partial charge in [-0.3, -0.25) is 4.98 Å². The fraction of sp³-hybridized carbons (Fsp3) is 0.174. The third-order valence-corrected chi connectivity index (χ3v) is 11.2. The lowest BCUT2D eigenvalue weighted by atomic mass is 9.79. The summed E-state index contributed by atoms with van der Waals surface area (Å²) in [4.78, 5) is 12.7. The molecule has 1 unspecified atom stereocenters. The average Bonchev–Trinajstić information content (AvgIpc) is 3.17. The molecule has 0 amide bonds. The molecule has 0 spiro atoms. The number of aryl methyl sites for hydroxylation is 1. The van der Waals surface area contributed by atoms with Crippen LogP contribution in [0.15, 0.2) is 121 Å². The van der Waals surface area contributed by atoms with Gasteiger partial charge in [0.2, 0.25) is 0 Å². The maximum Gasteiger partial charge on any atom is 0.0929 e. The molecule has 6 aromatic rings. The minimum Gasteiger partial charge on any atom is -0.362 e. The van der Waals surface area contributed by atoms with E-state index < -0.39 is 0 Å². The van der Waals surface area contributed by atoms with E-state index in [1.165, 1.54) is 72.1 Å². The number of pyridine rings is 2. The fourth-order valence-corrected chi connectivity index (χ4v) is 8.91. The van der Waals surface area contributed by atoms with Crippen molar-refractivity contribution in [2.45, 2.75) is 44.6 Å². The van der Waals surface area contributed by atoms with Gasteiger partial charge in [0.15, 0.2) is 0 Å². The molecule has 2 aromatic heterocycles. The van der Waals surface area contributed by atoms with Crippen LogP contribution in [0.2, 0.25) is 0 Å². The Labute approximate surface area is 287 Å². The molecule has 0 N–H and O–H groups in total. The highest BCUT2D eigenvalue weighted by molar-refractivity contribution is 6.18. The minimum atomic E-state index is 0.201. The zero-order chi connectivity index (χ0) is 32.5. The van der Waals surface area contributed by atoms with Crippen molar-refractivity contribution < 1.29 is 0 Å². The molecule has 1 atom stereocenters. The van der Waals surface area contributed by atoms with E-state index in [1.54, 1.807) is 5.56 Å². The molecule has 3 aliphatic carbocycles. The van der Waals surface area contributed by atoms with Crippen LogP contribution < -0.4 is 0 Å². The van der Waals surface area contributed by atoms with Crippen LogP contribution in [0, 0.1) is 0 Å². The van der Waals surface area contributed by atoms with Crippen LogP contribution in [0.4, 0.5) is 0 Å². The van der Waals surface area contributed by atoms with Crippen molar-refractivity contribution in [1.29, 1.82) is 0 Å². The van der Waals surface area contributed by atoms with Crippen molar-refractivity contribution in [3.63, 3.8) is 0 Å². The first-order valence-corrected chi connectivity index (χ1v) is 17.7. The largest absolute Gasteiger partial charge is 0.362 e. The summed E-state index contributed by atoms with van der Waals surface area (Å²) < 4.78 is 0. The molecular formula is C46H37N3. The molecule has 3 nitrogen and oxygen atoms in total. The third kappa shape index (κ3) is 4.49. The number of hydrogen-bond donors (Lipinski definition) is 0. The number of benzene rings is 4. The van der Waals surface area contributed by atoms with Gasteiger partial charge in [-0.25, -0.2) is 4.98 Å². The van der Waals surface area contributed by atoms with Gasteiger partial charge in [0, 0.05) is 40.7 Å². The van der Waals surface area contributed by atoms with Gasteiger partial charge in [-0.15, -0.1) is 0 Å². The number of aromatic nitrogens is 2. The van der Waals surface area contributed by atoms with Crippen molar-refractivity contribution in [2.24, 2.45) is 0 Å². The van der Waals surface area contributed by atoms with E-state index in [-0.39, 0.29) is 6.04 Å². The Morgan fingerprint density at radius 1 is 0.653 bits per heavy atom. The highest BCUT2D eigenvalue weighted by atomic mass is 15.2. The van der Waals surface area contributed by atoms with Crippen LogP contribution in [0.5, 0.6) is 0 Å². The summed E-state index contributed by atoms with van der Waals surface area (Å²) in [5.41, 5.74) is 18.0. The maximum absolute atomic E-state index is 5.42. The van der Waals surface area contributed by atoms with Crippen LogP contribution >= 0.6 is 0 Å². The smallest absolute Gasteiger partial charge is 0.0929 e. The molecule has 0 saturated carbocycles. The lowest BCUT2D eigenvalue weighted by Gasteiger charge is -2.39. The van der Waals surface area contributed by atoms with E-state index in [0.717, 1.165) is 55.3 Å². The molecule has 0 bridgehead atoms. The summed E-state index contributed by atoms with van der Waals surface area (Å²) in [6.45, 7) is 0. The van der Waals surface area contributed by atoms with Gasteiger partial charge in [-0.05, 0) is 113 Å². The summed E-state index contributed by atoms with van der Waals surface area (Å²) in [5, 5.41) is 3.89. The Morgan fingerprint density at radius 2 is 1.41 bits per heavy atom. The first-order chi connectivity index (χ1) is 24.2. The van der Waals surface area contributed by atoms with E-state index >= 15 is 0 Å². The third-order valence-electron chi connectivity index (χ3n) is 11.2. The Balaban J connectivity index is 1.07. The zero-order valence-corrected chi connectivity index (χ0v) is 27.8. The molecule has 4 aliphatic rings. The average molecular weight is 632 g/mol. The standard InChI is InChI=1S/C46H37N3/c1-49-41(26-25-32-24-23-31-12-9-27-47-45(31)46(32)49)30-21-19-29(20-22-30)33-10-8-11-34(28-33)44-43-38-16-5-3-14-36(38)35-13-2-4-15-37(35)42(43)39-17-6-7-18-40(39)48-44/h4-12,15-22,25-28,46H,2-3,13-14,23-24H2,1H3. The highest BCUT2D eigenvalue weighted by Gasteiger charge is 2.32. The lowest BCUT2D eigenvalue weighted by Crippen LogP contribution is -2.31. The number of rotatable bonds is 3. The summed E-state index contributed by atoms with van der Waals surface area (Å²) >= 11 is 0. The van der Waals surface area contributed by atoms with Crippen LogP contribution in [-0.4, -0.2) is 21.9 Å². The van der Waals surface area contributed by atoms with E-state index in [9.17, 15) is 0 Å². The van der Waals surface area contributed by atoms with Crippen molar-refractivity contribution in [2.75, 3.05) is 7.05 Å². The molecule has 0 radical (unpaired) electrons. The Kier molecular flexibility index (Phi) is 6.55. The first-order valence-electron chi connectivity index (χ1n) is 17.7. The Morgan fingerprint density at radius 3 is 2.24 bits per heavy atom. The molecule has 1 aliphatic heterocycles. The SMILES string of the molecule is CN1C(c2ccc(-c3cccc(-c4nc5ccccc5c5c6c(c7c(c45)C=CCC7)CCC=C6)c3)cc2)=CC=C2CCc3cccnc3C21. The number of hydrogen-bond acceptors (Lipinski definition) is 3. The van der Waals surface area contributed by atoms with E-state index in [1.807, 2.05) is 6.20 Å². The second kappa shape index (κ2) is 11.3. The van der Waals surface area contributed by atoms with E-state index in [0.29, 0.717) is 0 Å². The van der Waals surface area contributed by atoms with Crippen molar-refractivity contribution in [3.05, 3.63) is 160 Å². The van der Waals surface area contributed by atoms with Crippen molar-refractivity contribution in [1.82, 2.24) is 14.9 Å². The van der Waals surface area contributed by atoms with Gasteiger partial charge in [0.1, 0.15) is 0 Å². The van der Waals surface area contributed by atoms with Crippen molar-refractivity contribution >= 4 is 39.5 Å². The predicted molar refractivity (Wildman–Crippen MR) is 204 cm³/mol. The van der Waals surface area contributed by atoms with Gasteiger partial charge in [-0.1, -0.05) is 97.1 Å². The van der Waals surface area contributed by atoms with Gasteiger partial charge in [0.25, 0.3) is 0 Å². The highest BCUT2D eigenvalue weighted by Crippen LogP contribution is 2.45. The Hall–Kier alpha value is -5.54. The van der Waals surface area contributed by atoms with Crippen LogP contribution in [0.25, 0.3) is 61.9 Å². The number of allylic oxidation sites excluding steroid dienone is 4. The molecule has 3 heteroatoms. The minimum absolute atomic E-state index is 0.201. The quantitative estimate of drug-likeness (QED) is 0.182. The maximum atomic E-state index is 5.42. The normalized spacial score (nSPS) is 17.7. The van der Waals surface area contributed by atoms with Crippen LogP contribution in [0.1, 0.15) is 64.4 Å². The number of para-hydroxylation sites is 1. The fourth-order valence-electron chi connectivity index (χ4n) is 8.91. The first kappa shape index (κ1) is 28.5. The van der Waals surface area contributed by atoms with Crippen molar-refractivity contribution in [3.8, 4) is 22.4 Å². The Bertz CT molecular complexity index is 2460. The van der Waals surface area contributed by atoms with Gasteiger partial charge in [0.05, 0.1) is 22.9 Å². The van der Waals surface area contributed by atoms with Crippen LogP contribution in [0.3, 0.4) is 0 Å². The molecule has 236 valence electrons. The number of likely N-dealkylation sites (N-methyl/N-ethyl adjacent to an activating group) is 1. The second-order valence-electron chi connectivity index (χ2n) is 13.9. The molecule has 4 aromatic carbocycles. The van der Waals surface area contributed by atoms with Gasteiger partial charge in [-0.2, -0.15) is 0 Å². The van der Waals surface area contributed by atoms with Gasteiger partial charge < -0.3 is 4.90 Å². The monoisotopic (exact) mass is 631 g/mol. The van der Waals surface area contributed by atoms with E-state index in [2.05, 4.69) is 133 Å². The zero-order valence-electron chi connectivity index (χ0n) is 27.8. The molecule has 0 fully saturated rings. The topological polar surface area (TPSA) is 29.0 Å². The van der Waals surface area contributed by atoms with Crippen LogP contribution in [-0.2, 0) is 19.3 Å². The second-order valence-corrected chi connectivity index (χ2v) is 13.9. The molecule has 10 rings (SSSR count). The summed E-state index contributed by atoms with van der Waals surface area (Å²) in [6.07, 6.45) is 22.6. The lowest BCUT2D eigenvalue weighted by molar-refractivity contribution is 0.367. The van der Waals surface area contributed by atoms with Gasteiger partial charge >= 0.3 is 0 Å². The molecular weight excluding hydrogens is 595 g/mol. The summed E-state index contributed by atoms with van der Waals surface area (Å²) in [6, 6.07) is 31.3. The van der Waals surface area contributed by atoms with E-state index in [4.69, 9.17) is 9.97 Å². The number of nitrogens with zero attached hydrogens (tertiary/aromatic N) is 3. The number of fused-ring (bicyclic) bond motifs is 11. The summed E-state index contributed by atoms with van der Waals surface area (Å²) in [5.74, 6) is 0. The predicted octanol–water partition coefficient (Wildman–Crippen LogP) is 10.9. The molecule has 3 heterocycles.